The number of benzene rings is 1. The summed E-state index contributed by atoms with van der Waals surface area (Å²) in [6.07, 6.45) is 2.80. The van der Waals surface area contributed by atoms with E-state index in [1.54, 1.807) is 44.2 Å². The lowest BCUT2D eigenvalue weighted by molar-refractivity contribution is 0.0950. The van der Waals surface area contributed by atoms with E-state index in [0.717, 1.165) is 5.56 Å². The average molecular weight is 336 g/mol. The van der Waals surface area contributed by atoms with Crippen LogP contribution in [-0.2, 0) is 16.6 Å². The lowest BCUT2D eigenvalue weighted by atomic mass is 10.2. The van der Waals surface area contributed by atoms with Crippen molar-refractivity contribution in [3.05, 3.63) is 54.0 Å². The zero-order chi connectivity index (χ0) is 16.9. The predicted octanol–water partition coefficient (Wildman–Crippen LogP) is 2.24. The van der Waals surface area contributed by atoms with E-state index < -0.39 is 10.0 Å². The Morgan fingerprint density at radius 3 is 2.30 bits per heavy atom. The fourth-order valence-electron chi connectivity index (χ4n) is 2.17. The Labute approximate surface area is 136 Å². The van der Waals surface area contributed by atoms with E-state index in [-0.39, 0.29) is 10.8 Å². The van der Waals surface area contributed by atoms with Gasteiger partial charge in [0.05, 0.1) is 16.7 Å². The highest BCUT2D eigenvalue weighted by Gasteiger charge is 2.21. The molecular weight excluding hydrogens is 316 g/mol. The Balaban J connectivity index is 2.04. The normalized spacial score (nSPS) is 11.6. The maximum atomic E-state index is 12.4. The number of amides is 1. The molecule has 0 fully saturated rings. The SMILES string of the molecule is CCN(CC)S(=O)(=O)c1ccc(CNC(=O)c2ccoc2)cc1. The van der Waals surface area contributed by atoms with Crippen molar-refractivity contribution in [1.29, 1.82) is 0 Å². The standard InChI is InChI=1S/C16H20N2O4S/c1-3-18(4-2)23(20,21)15-7-5-13(6-8-15)11-17-16(19)14-9-10-22-12-14/h5-10,12H,3-4,11H2,1-2H3,(H,17,19). The molecule has 1 heterocycles. The first kappa shape index (κ1) is 17.2. The topological polar surface area (TPSA) is 79.6 Å². The highest BCUT2D eigenvalue weighted by atomic mass is 32.2. The summed E-state index contributed by atoms with van der Waals surface area (Å²) in [6.45, 7) is 4.79. The van der Waals surface area contributed by atoms with Crippen LogP contribution < -0.4 is 5.32 Å². The van der Waals surface area contributed by atoms with Crippen LogP contribution in [0.4, 0.5) is 0 Å². The maximum absolute atomic E-state index is 12.4. The van der Waals surface area contributed by atoms with Crippen LogP contribution >= 0.6 is 0 Å². The number of nitrogens with zero attached hydrogens (tertiary/aromatic N) is 1. The predicted molar refractivity (Wildman–Crippen MR) is 86.4 cm³/mol. The number of nitrogens with one attached hydrogen (secondary N) is 1. The molecule has 0 saturated carbocycles. The van der Waals surface area contributed by atoms with Crippen molar-refractivity contribution in [3.8, 4) is 0 Å². The molecule has 23 heavy (non-hydrogen) atoms. The Kier molecular flexibility index (Phi) is 5.57. The molecular formula is C16H20N2O4S. The molecule has 1 N–H and O–H groups in total. The third-order valence-corrected chi connectivity index (χ3v) is 5.57. The molecule has 1 amide bonds. The van der Waals surface area contributed by atoms with E-state index >= 15 is 0 Å². The smallest absolute Gasteiger partial charge is 0.254 e. The van der Waals surface area contributed by atoms with Crippen LogP contribution in [0.15, 0.2) is 52.2 Å². The van der Waals surface area contributed by atoms with Gasteiger partial charge in [0, 0.05) is 19.6 Å². The summed E-state index contributed by atoms with van der Waals surface area (Å²) in [5.74, 6) is -0.237. The fourth-order valence-corrected chi connectivity index (χ4v) is 3.63. The van der Waals surface area contributed by atoms with E-state index in [4.69, 9.17) is 4.42 Å². The van der Waals surface area contributed by atoms with Crippen molar-refractivity contribution in [3.63, 3.8) is 0 Å². The first-order chi connectivity index (χ1) is 11.0. The van der Waals surface area contributed by atoms with Gasteiger partial charge in [0.2, 0.25) is 10.0 Å². The van der Waals surface area contributed by atoms with Gasteiger partial charge < -0.3 is 9.73 Å². The van der Waals surface area contributed by atoms with E-state index in [9.17, 15) is 13.2 Å². The Morgan fingerprint density at radius 2 is 1.78 bits per heavy atom. The molecule has 0 aliphatic heterocycles. The van der Waals surface area contributed by atoms with Crippen molar-refractivity contribution in [2.45, 2.75) is 25.3 Å². The van der Waals surface area contributed by atoms with E-state index in [1.165, 1.54) is 16.8 Å². The van der Waals surface area contributed by atoms with Gasteiger partial charge >= 0.3 is 0 Å². The lowest BCUT2D eigenvalue weighted by Crippen LogP contribution is -2.30. The molecule has 7 heteroatoms. The van der Waals surface area contributed by atoms with Crippen LogP contribution in [0.2, 0.25) is 0 Å². The number of sulfonamides is 1. The van der Waals surface area contributed by atoms with Gasteiger partial charge in [0.25, 0.3) is 5.91 Å². The summed E-state index contributed by atoms with van der Waals surface area (Å²) in [5, 5.41) is 2.75. The average Bonchev–Trinajstić information content (AvgIpc) is 3.08. The number of hydrogen-bond acceptors (Lipinski definition) is 4. The molecule has 2 rings (SSSR count). The van der Waals surface area contributed by atoms with Crippen molar-refractivity contribution < 1.29 is 17.6 Å². The summed E-state index contributed by atoms with van der Waals surface area (Å²) < 4.78 is 31.0. The third-order valence-electron chi connectivity index (χ3n) is 3.50. The highest BCUT2D eigenvalue weighted by Crippen LogP contribution is 2.16. The fraction of sp³-hybridized carbons (Fsp3) is 0.312. The van der Waals surface area contributed by atoms with Gasteiger partial charge in [0.15, 0.2) is 0 Å². The second-order valence-corrected chi connectivity index (χ2v) is 6.87. The Bertz CT molecular complexity index is 733. The molecule has 0 atom stereocenters. The zero-order valence-electron chi connectivity index (χ0n) is 13.2. The van der Waals surface area contributed by atoms with E-state index in [2.05, 4.69) is 5.32 Å². The quantitative estimate of drug-likeness (QED) is 0.841. The van der Waals surface area contributed by atoms with Gasteiger partial charge in [-0.2, -0.15) is 4.31 Å². The molecule has 6 nitrogen and oxygen atoms in total. The minimum Gasteiger partial charge on any atom is -0.472 e. The summed E-state index contributed by atoms with van der Waals surface area (Å²) in [6, 6.07) is 8.10. The second-order valence-electron chi connectivity index (χ2n) is 4.93. The van der Waals surface area contributed by atoms with Gasteiger partial charge in [0.1, 0.15) is 6.26 Å². The largest absolute Gasteiger partial charge is 0.472 e. The molecule has 0 aliphatic rings. The Morgan fingerprint density at radius 1 is 1.13 bits per heavy atom. The van der Waals surface area contributed by atoms with E-state index in [0.29, 0.717) is 25.2 Å². The van der Waals surface area contributed by atoms with Crippen LogP contribution in [0.5, 0.6) is 0 Å². The van der Waals surface area contributed by atoms with Gasteiger partial charge in [-0.3, -0.25) is 4.79 Å². The number of furan rings is 1. The second kappa shape index (κ2) is 7.43. The molecule has 0 unspecified atom stereocenters. The minimum atomic E-state index is -3.45. The lowest BCUT2D eigenvalue weighted by Gasteiger charge is -2.18. The van der Waals surface area contributed by atoms with E-state index in [1.807, 2.05) is 0 Å². The highest BCUT2D eigenvalue weighted by molar-refractivity contribution is 7.89. The molecule has 1 aromatic carbocycles. The van der Waals surface area contributed by atoms with Gasteiger partial charge in [-0.1, -0.05) is 26.0 Å². The minimum absolute atomic E-state index is 0.237. The van der Waals surface area contributed by atoms with Crippen LogP contribution in [-0.4, -0.2) is 31.7 Å². The van der Waals surface area contributed by atoms with Crippen LogP contribution in [0.3, 0.4) is 0 Å². The van der Waals surface area contributed by atoms with Crippen molar-refractivity contribution >= 4 is 15.9 Å². The van der Waals surface area contributed by atoms with Crippen molar-refractivity contribution in [2.75, 3.05) is 13.1 Å². The third kappa shape index (κ3) is 4.00. The molecule has 124 valence electrons. The van der Waals surface area contributed by atoms with Crippen molar-refractivity contribution in [2.24, 2.45) is 0 Å². The molecule has 0 aliphatic carbocycles. The number of carbonyl (C=O) groups excluding carboxylic acids is 1. The Hall–Kier alpha value is -2.12. The first-order valence-electron chi connectivity index (χ1n) is 7.38. The molecule has 2 aromatic rings. The summed E-state index contributed by atoms with van der Waals surface area (Å²) in [4.78, 5) is 12.1. The van der Waals surface area contributed by atoms with Gasteiger partial charge in [-0.15, -0.1) is 0 Å². The van der Waals surface area contributed by atoms with Crippen molar-refractivity contribution in [1.82, 2.24) is 9.62 Å². The molecule has 1 aromatic heterocycles. The maximum Gasteiger partial charge on any atom is 0.254 e. The summed E-state index contributed by atoms with van der Waals surface area (Å²) in [7, 11) is -3.45. The summed E-state index contributed by atoms with van der Waals surface area (Å²) >= 11 is 0. The van der Waals surface area contributed by atoms with Gasteiger partial charge in [-0.05, 0) is 23.8 Å². The monoisotopic (exact) mass is 336 g/mol. The molecule has 0 radical (unpaired) electrons. The first-order valence-corrected chi connectivity index (χ1v) is 8.82. The zero-order valence-corrected chi connectivity index (χ0v) is 14.0. The molecule has 0 spiro atoms. The van der Waals surface area contributed by atoms with Crippen LogP contribution in [0, 0.1) is 0 Å². The van der Waals surface area contributed by atoms with Crippen LogP contribution in [0.25, 0.3) is 0 Å². The van der Waals surface area contributed by atoms with Gasteiger partial charge in [-0.25, -0.2) is 8.42 Å². The number of hydrogen-bond donors (Lipinski definition) is 1. The number of rotatable bonds is 7. The number of carbonyl (C=O) groups is 1. The summed E-state index contributed by atoms with van der Waals surface area (Å²) in [5.41, 5.74) is 1.27. The van der Waals surface area contributed by atoms with Crippen LogP contribution in [0.1, 0.15) is 29.8 Å². The molecule has 0 bridgehead atoms. The molecule has 0 saturated heterocycles.